The highest BCUT2D eigenvalue weighted by atomic mass is 16.3. The molecule has 0 amide bonds. The molecule has 7 aromatic rings. The smallest absolute Gasteiger partial charge is 0.138 e. The van der Waals surface area contributed by atoms with Crippen LogP contribution in [0.15, 0.2) is 180 Å². The second-order valence-corrected chi connectivity index (χ2v) is 14.0. The Labute approximate surface area is 304 Å². The molecular formula is C49H38N2O. The molecule has 52 heavy (non-hydrogen) atoms. The topological polar surface area (TPSA) is 28.4 Å². The molecule has 3 heteroatoms. The Morgan fingerprint density at radius 3 is 2.13 bits per heavy atom. The summed E-state index contributed by atoms with van der Waals surface area (Å²) < 4.78 is 6.55. The van der Waals surface area contributed by atoms with Crippen LogP contribution < -0.4 is 10.2 Å². The number of anilines is 3. The Balaban J connectivity index is 1.13. The van der Waals surface area contributed by atoms with Crippen molar-refractivity contribution in [2.45, 2.75) is 31.7 Å². The number of benzene rings is 6. The maximum absolute atomic E-state index is 6.55. The van der Waals surface area contributed by atoms with Crippen molar-refractivity contribution in [2.75, 3.05) is 4.90 Å². The van der Waals surface area contributed by atoms with Crippen molar-refractivity contribution in [2.24, 2.45) is 0 Å². The lowest BCUT2D eigenvalue weighted by Crippen LogP contribution is -2.18. The molecule has 0 saturated heterocycles. The van der Waals surface area contributed by atoms with Crippen LogP contribution in [-0.2, 0) is 6.54 Å². The van der Waals surface area contributed by atoms with Gasteiger partial charge in [0, 0.05) is 34.8 Å². The zero-order valence-electron chi connectivity index (χ0n) is 28.9. The molecule has 6 aromatic carbocycles. The second-order valence-electron chi connectivity index (χ2n) is 14.0. The van der Waals surface area contributed by atoms with Crippen LogP contribution in [0.25, 0.3) is 44.7 Å². The Kier molecular flexibility index (Phi) is 7.49. The fourth-order valence-corrected chi connectivity index (χ4v) is 8.53. The van der Waals surface area contributed by atoms with Gasteiger partial charge in [0.2, 0.25) is 0 Å². The molecule has 0 saturated carbocycles. The van der Waals surface area contributed by atoms with Crippen molar-refractivity contribution in [3.05, 3.63) is 197 Å². The molecule has 2 aliphatic carbocycles. The summed E-state index contributed by atoms with van der Waals surface area (Å²) in [5, 5.41) is 5.77. The third-order valence-electron chi connectivity index (χ3n) is 11.0. The van der Waals surface area contributed by atoms with E-state index in [1.54, 1.807) is 0 Å². The summed E-state index contributed by atoms with van der Waals surface area (Å²) in [5.74, 6) is 0.407. The summed E-state index contributed by atoms with van der Waals surface area (Å²) >= 11 is 0. The largest absolute Gasteiger partial charge is 0.456 e. The lowest BCUT2D eigenvalue weighted by molar-refractivity contribution is 0.668. The van der Waals surface area contributed by atoms with Gasteiger partial charge in [0.25, 0.3) is 0 Å². The summed E-state index contributed by atoms with van der Waals surface area (Å²) in [5.41, 5.74) is 17.0. The number of para-hydroxylation sites is 1. The molecule has 0 bridgehead atoms. The van der Waals surface area contributed by atoms with Crippen molar-refractivity contribution in [3.8, 4) is 11.1 Å². The van der Waals surface area contributed by atoms with Gasteiger partial charge >= 0.3 is 0 Å². The predicted octanol–water partition coefficient (Wildman–Crippen LogP) is 13.0. The van der Waals surface area contributed by atoms with Gasteiger partial charge in [-0.2, -0.15) is 0 Å². The Morgan fingerprint density at radius 2 is 1.35 bits per heavy atom. The molecule has 1 aliphatic heterocycles. The minimum absolute atomic E-state index is 0.407. The maximum atomic E-state index is 6.55. The van der Waals surface area contributed by atoms with Gasteiger partial charge in [-0.05, 0) is 112 Å². The molecule has 1 atom stereocenters. The number of hydrogen-bond acceptors (Lipinski definition) is 3. The van der Waals surface area contributed by atoms with E-state index in [0.29, 0.717) is 5.92 Å². The molecule has 250 valence electrons. The Hall–Kier alpha value is -6.32. The van der Waals surface area contributed by atoms with E-state index in [1.165, 1.54) is 50.1 Å². The average Bonchev–Trinajstić information content (AvgIpc) is 3.59. The quantitative estimate of drug-likeness (QED) is 0.191. The van der Waals surface area contributed by atoms with Gasteiger partial charge in [-0.25, -0.2) is 0 Å². The van der Waals surface area contributed by atoms with E-state index >= 15 is 0 Å². The molecule has 1 N–H and O–H groups in total. The van der Waals surface area contributed by atoms with Crippen LogP contribution in [0.2, 0.25) is 0 Å². The van der Waals surface area contributed by atoms with Gasteiger partial charge in [-0.1, -0.05) is 121 Å². The number of nitrogens with one attached hydrogen (secondary N) is 1. The highest BCUT2D eigenvalue weighted by Gasteiger charge is 2.28. The number of nitrogens with zero attached hydrogens (tertiary/aromatic N) is 1. The van der Waals surface area contributed by atoms with Gasteiger partial charge in [0.05, 0.1) is 11.1 Å². The molecule has 0 fully saturated rings. The highest BCUT2D eigenvalue weighted by molar-refractivity contribution is 6.15. The van der Waals surface area contributed by atoms with Crippen molar-refractivity contribution >= 4 is 50.6 Å². The number of allylic oxidation sites excluding steroid dienone is 6. The molecule has 1 unspecified atom stereocenters. The monoisotopic (exact) mass is 670 g/mol. The zero-order valence-corrected chi connectivity index (χ0v) is 28.9. The van der Waals surface area contributed by atoms with E-state index in [1.807, 2.05) is 6.20 Å². The van der Waals surface area contributed by atoms with E-state index in [2.05, 4.69) is 174 Å². The predicted molar refractivity (Wildman–Crippen MR) is 217 cm³/mol. The van der Waals surface area contributed by atoms with Crippen LogP contribution in [0.3, 0.4) is 0 Å². The minimum atomic E-state index is 0.407. The van der Waals surface area contributed by atoms with Crippen LogP contribution in [0, 0.1) is 0 Å². The van der Waals surface area contributed by atoms with E-state index in [-0.39, 0.29) is 0 Å². The number of fused-ring (bicyclic) bond motifs is 4. The molecule has 3 nitrogen and oxygen atoms in total. The van der Waals surface area contributed by atoms with Crippen molar-refractivity contribution in [1.82, 2.24) is 5.32 Å². The summed E-state index contributed by atoms with van der Waals surface area (Å²) in [6.45, 7) is 0.729. The first-order valence-corrected chi connectivity index (χ1v) is 18.4. The third-order valence-corrected chi connectivity index (χ3v) is 11.0. The SMILES string of the molecule is C1=CC2=C(CC1)C(c1ccc(N(c3ccc(-c4ccccc4)cc3)c3c4c(cc5oc6ccccc6c35)C=CNC4)cc1)=CCC2c1ccccc1. The van der Waals surface area contributed by atoms with Crippen molar-refractivity contribution < 1.29 is 4.42 Å². The van der Waals surface area contributed by atoms with Gasteiger partial charge in [-0.15, -0.1) is 0 Å². The van der Waals surface area contributed by atoms with E-state index < -0.39 is 0 Å². The van der Waals surface area contributed by atoms with Gasteiger partial charge in [0.1, 0.15) is 11.2 Å². The molecule has 3 aliphatic rings. The molecule has 0 spiro atoms. The Bertz CT molecular complexity index is 2570. The van der Waals surface area contributed by atoms with E-state index in [4.69, 9.17) is 4.42 Å². The average molecular weight is 671 g/mol. The Morgan fingerprint density at radius 1 is 0.654 bits per heavy atom. The van der Waals surface area contributed by atoms with Crippen LogP contribution >= 0.6 is 0 Å². The molecule has 2 heterocycles. The number of furan rings is 1. The van der Waals surface area contributed by atoms with Crippen LogP contribution in [0.5, 0.6) is 0 Å². The fraction of sp³-hybridized carbons (Fsp3) is 0.102. The number of hydrogen-bond donors (Lipinski definition) is 1. The summed E-state index contributed by atoms with van der Waals surface area (Å²) in [4.78, 5) is 2.44. The van der Waals surface area contributed by atoms with Gasteiger partial charge in [0.15, 0.2) is 0 Å². The standard InChI is InChI=1S/C49H38N2O/c1-3-11-33(12-4-1)34-19-23-38(24-20-34)51(49-45-32-50-30-29-37(45)31-47-48(49)44-17-9-10-18-46(44)52-47)39-25-21-36(22-26-39)41-28-27-40(35-13-5-2-6-14-35)42-15-7-8-16-43(41)42/h1-7,9-15,17-26,28-31,40,50H,8,16,27,32H2. The lowest BCUT2D eigenvalue weighted by atomic mass is 9.74. The molecule has 10 rings (SSSR count). The summed E-state index contributed by atoms with van der Waals surface area (Å²) in [7, 11) is 0. The van der Waals surface area contributed by atoms with E-state index in [9.17, 15) is 0 Å². The molecular weight excluding hydrogens is 633 g/mol. The maximum Gasteiger partial charge on any atom is 0.138 e. The summed E-state index contributed by atoms with van der Waals surface area (Å²) in [6, 6.07) is 50.5. The lowest BCUT2D eigenvalue weighted by Gasteiger charge is -2.32. The first-order valence-electron chi connectivity index (χ1n) is 18.4. The molecule has 0 radical (unpaired) electrons. The summed E-state index contributed by atoms with van der Waals surface area (Å²) in [6.07, 6.45) is 14.6. The van der Waals surface area contributed by atoms with Crippen LogP contribution in [0.4, 0.5) is 17.1 Å². The third kappa shape index (κ3) is 5.20. The normalized spacial score (nSPS) is 16.4. The van der Waals surface area contributed by atoms with Crippen molar-refractivity contribution in [3.63, 3.8) is 0 Å². The van der Waals surface area contributed by atoms with Crippen LogP contribution in [0.1, 0.15) is 47.4 Å². The fourth-order valence-electron chi connectivity index (χ4n) is 8.53. The highest BCUT2D eigenvalue weighted by Crippen LogP contribution is 2.49. The molecule has 1 aromatic heterocycles. The van der Waals surface area contributed by atoms with Crippen LogP contribution in [-0.4, -0.2) is 0 Å². The minimum Gasteiger partial charge on any atom is -0.456 e. The second kappa shape index (κ2) is 12.8. The first-order chi connectivity index (χ1) is 25.8. The van der Waals surface area contributed by atoms with Gasteiger partial charge < -0.3 is 14.6 Å². The number of rotatable bonds is 6. The zero-order chi connectivity index (χ0) is 34.4. The first kappa shape index (κ1) is 30.5. The van der Waals surface area contributed by atoms with E-state index in [0.717, 1.165) is 64.8 Å². The van der Waals surface area contributed by atoms with Gasteiger partial charge in [-0.3, -0.25) is 0 Å². The van der Waals surface area contributed by atoms with Crippen molar-refractivity contribution in [1.29, 1.82) is 0 Å².